The molecule has 0 aliphatic carbocycles. The number of hydrogen-bond donors (Lipinski definition) is 1. The first-order valence-electron chi connectivity index (χ1n) is 11.6. The Kier molecular flexibility index (Phi) is 8.22. The lowest BCUT2D eigenvalue weighted by atomic mass is 9.95. The van der Waals surface area contributed by atoms with Gasteiger partial charge in [-0.25, -0.2) is 26.0 Å². The summed E-state index contributed by atoms with van der Waals surface area (Å²) in [6, 6.07) is 5.04. The van der Waals surface area contributed by atoms with Crippen molar-refractivity contribution < 1.29 is 53.8 Å². The van der Waals surface area contributed by atoms with E-state index in [2.05, 4.69) is 0 Å². The molecule has 1 N–H and O–H groups in total. The highest BCUT2D eigenvalue weighted by Crippen LogP contribution is 2.47. The van der Waals surface area contributed by atoms with Crippen molar-refractivity contribution in [1.82, 2.24) is 0 Å². The fourth-order valence-corrected chi connectivity index (χ4v) is 5.67. The van der Waals surface area contributed by atoms with Gasteiger partial charge in [0.2, 0.25) is 21.3 Å². The van der Waals surface area contributed by atoms with E-state index in [9.17, 15) is 44.7 Å². The molecule has 1 aliphatic rings. The average Bonchev–Trinajstić information content (AvgIpc) is 2.88. The van der Waals surface area contributed by atoms with Crippen molar-refractivity contribution in [3.63, 3.8) is 0 Å². The number of alkyl halides is 6. The molecule has 0 bridgehead atoms. The van der Waals surface area contributed by atoms with E-state index in [0.29, 0.717) is 19.1 Å². The number of fused-ring (bicyclic) bond motifs is 1. The second kappa shape index (κ2) is 10.5. The summed E-state index contributed by atoms with van der Waals surface area (Å²) in [5.41, 5.74) is -6.55. The molecule has 1 heterocycles. The molecule has 0 saturated heterocycles. The summed E-state index contributed by atoms with van der Waals surface area (Å²) in [5.74, 6) is -8.04. The van der Waals surface area contributed by atoms with Gasteiger partial charge in [-0.05, 0) is 57.5 Å². The van der Waals surface area contributed by atoms with Crippen LogP contribution in [0.2, 0.25) is 0 Å². The molecule has 0 fully saturated rings. The quantitative estimate of drug-likeness (QED) is 0.351. The lowest BCUT2D eigenvalue weighted by molar-refractivity contribution is -0.148. The second-order valence-electron chi connectivity index (χ2n) is 10.1. The number of sulfone groups is 1. The largest absolute Gasteiger partial charge is 0.492 e. The van der Waals surface area contributed by atoms with Gasteiger partial charge in [0, 0.05) is 30.6 Å². The summed E-state index contributed by atoms with van der Waals surface area (Å²) in [7, 11) is -5.07. The zero-order chi connectivity index (χ0) is 29.6. The number of hydrogen-bond acceptors (Lipinski definition) is 5. The number of benzene rings is 2. The van der Waals surface area contributed by atoms with E-state index in [1.54, 1.807) is 0 Å². The number of rotatable bonds is 8. The maximum absolute atomic E-state index is 15.6. The molecule has 0 aromatic heterocycles. The Morgan fingerprint density at radius 1 is 1.08 bits per heavy atom. The number of aliphatic carboxylic acids is 1. The van der Waals surface area contributed by atoms with Crippen LogP contribution in [0.25, 0.3) is 0 Å². The van der Waals surface area contributed by atoms with Gasteiger partial charge in [0.1, 0.15) is 18.2 Å². The van der Waals surface area contributed by atoms with E-state index in [1.165, 1.54) is 13.8 Å². The summed E-state index contributed by atoms with van der Waals surface area (Å²) >= 11 is 0. The Hall–Kier alpha value is -3.03. The van der Waals surface area contributed by atoms with Crippen LogP contribution < -0.4 is 9.64 Å². The van der Waals surface area contributed by atoms with Gasteiger partial charge in [-0.1, -0.05) is 0 Å². The van der Waals surface area contributed by atoms with Crippen molar-refractivity contribution in [1.29, 1.82) is 0 Å². The summed E-state index contributed by atoms with van der Waals surface area (Å²) in [4.78, 5) is 11.5. The third-order valence-electron chi connectivity index (χ3n) is 6.31. The number of carbonyl (C=O) groups is 1. The average molecular weight is 586 g/mol. The van der Waals surface area contributed by atoms with Crippen molar-refractivity contribution >= 4 is 27.2 Å². The normalized spacial score (nSPS) is 19.8. The minimum absolute atomic E-state index is 0.0102. The van der Waals surface area contributed by atoms with Crippen LogP contribution in [-0.4, -0.2) is 44.1 Å². The zero-order valence-electron chi connectivity index (χ0n) is 21.0. The number of halogens is 7. The Balaban J connectivity index is 2.26. The smallest absolute Gasteiger partial charge is 0.420 e. The van der Waals surface area contributed by atoms with Gasteiger partial charge >= 0.3 is 12.1 Å². The van der Waals surface area contributed by atoms with Gasteiger partial charge in [0.25, 0.3) is 0 Å². The molecule has 0 saturated carbocycles. The summed E-state index contributed by atoms with van der Waals surface area (Å²) in [6.07, 6.45) is -6.65. The number of anilines is 2. The Labute approximate surface area is 220 Å². The van der Waals surface area contributed by atoms with Crippen molar-refractivity contribution in [2.75, 3.05) is 18.1 Å². The fraction of sp³-hybridized carbons (Fsp3) is 0.480. The van der Waals surface area contributed by atoms with E-state index in [4.69, 9.17) is 4.74 Å². The van der Waals surface area contributed by atoms with Gasteiger partial charge < -0.3 is 14.7 Å². The van der Waals surface area contributed by atoms with Crippen LogP contribution in [0.15, 0.2) is 41.3 Å². The molecular weight excluding hydrogens is 559 g/mol. The van der Waals surface area contributed by atoms with Crippen LogP contribution >= 0.6 is 0 Å². The third-order valence-corrected chi connectivity index (χ3v) is 8.23. The first-order chi connectivity index (χ1) is 17.7. The highest BCUT2D eigenvalue weighted by molar-refractivity contribution is 7.92. The van der Waals surface area contributed by atoms with E-state index < -0.39 is 98.4 Å². The molecule has 0 radical (unpaired) electrons. The SMILES string of the molecule is CC(F)(F)CC[C@H]1CN(c2ccc(F)cc2)c2cc(C(F)(F)F)c(OCC(C)(C)C(=O)O)cc2S(=O)(=O)[C@@H]1F. The fourth-order valence-electron chi connectivity index (χ4n) is 3.97. The molecule has 0 spiro atoms. The molecule has 2 aromatic carbocycles. The predicted molar refractivity (Wildman–Crippen MR) is 127 cm³/mol. The minimum Gasteiger partial charge on any atom is -0.492 e. The molecule has 1 aliphatic heterocycles. The highest BCUT2D eigenvalue weighted by Gasteiger charge is 2.45. The number of carboxylic acids is 1. The predicted octanol–water partition coefficient (Wildman–Crippen LogP) is 6.61. The van der Waals surface area contributed by atoms with Gasteiger partial charge in [0.15, 0.2) is 0 Å². The van der Waals surface area contributed by atoms with Gasteiger partial charge in [-0.3, -0.25) is 4.79 Å². The Morgan fingerprint density at radius 2 is 1.67 bits per heavy atom. The molecule has 2 atom stereocenters. The zero-order valence-corrected chi connectivity index (χ0v) is 21.8. The van der Waals surface area contributed by atoms with E-state index >= 15 is 4.39 Å². The van der Waals surface area contributed by atoms with Crippen molar-refractivity contribution in [3.8, 4) is 5.75 Å². The lowest BCUT2D eigenvalue weighted by Crippen LogP contribution is -2.32. The van der Waals surface area contributed by atoms with E-state index in [-0.39, 0.29) is 5.69 Å². The number of carboxylic acid groups (broad SMARTS) is 1. The molecule has 14 heteroatoms. The first-order valence-corrected chi connectivity index (χ1v) is 13.2. The highest BCUT2D eigenvalue weighted by atomic mass is 32.2. The van der Waals surface area contributed by atoms with Crippen LogP contribution in [0.5, 0.6) is 5.75 Å². The van der Waals surface area contributed by atoms with Crippen molar-refractivity contribution in [3.05, 3.63) is 47.8 Å². The van der Waals surface area contributed by atoms with Crippen LogP contribution in [0.4, 0.5) is 42.1 Å². The maximum Gasteiger partial charge on any atom is 0.420 e. The third kappa shape index (κ3) is 6.76. The Bertz CT molecular complexity index is 1320. The van der Waals surface area contributed by atoms with Crippen LogP contribution in [0, 0.1) is 17.2 Å². The molecule has 3 rings (SSSR count). The monoisotopic (exact) mass is 585 g/mol. The molecule has 0 amide bonds. The molecular formula is C25H26F7NO5S. The van der Waals surface area contributed by atoms with Gasteiger partial charge in [-0.15, -0.1) is 0 Å². The lowest BCUT2D eigenvalue weighted by Gasteiger charge is -2.29. The molecule has 39 heavy (non-hydrogen) atoms. The standard InChI is InChI=1S/C25H26F7NO5S/c1-23(2,22(34)35)13-38-19-11-20-18(10-17(19)25(30,31)32)33(16-6-4-15(26)5-7-16)12-14(8-9-24(3,28)29)21(27)39(20,36)37/h4-7,10-11,14,21H,8-9,12-13H2,1-3H3,(H,34,35)/t14-,21-/m0/s1. The second-order valence-corrected chi connectivity index (χ2v) is 12.1. The van der Waals surface area contributed by atoms with Gasteiger partial charge in [-0.2, -0.15) is 13.2 Å². The summed E-state index contributed by atoms with van der Waals surface area (Å²) in [5, 5.41) is 9.28. The Morgan fingerprint density at radius 3 is 2.18 bits per heavy atom. The molecule has 216 valence electrons. The summed E-state index contributed by atoms with van der Waals surface area (Å²) < 4.78 is 130. The van der Waals surface area contributed by atoms with Crippen LogP contribution in [0.3, 0.4) is 0 Å². The maximum atomic E-state index is 15.6. The molecule has 2 aromatic rings. The van der Waals surface area contributed by atoms with Crippen molar-refractivity contribution in [2.45, 2.75) is 56.1 Å². The van der Waals surface area contributed by atoms with Crippen LogP contribution in [-0.2, 0) is 20.8 Å². The van der Waals surface area contributed by atoms with E-state index in [1.807, 2.05) is 0 Å². The first kappa shape index (κ1) is 30.5. The number of nitrogens with zero attached hydrogens (tertiary/aromatic N) is 1. The molecule has 0 unspecified atom stereocenters. The number of ether oxygens (including phenoxy) is 1. The van der Waals surface area contributed by atoms with E-state index in [0.717, 1.165) is 29.2 Å². The minimum atomic E-state index is -5.12. The van der Waals surface area contributed by atoms with Gasteiger partial charge in [0.05, 0.1) is 21.6 Å². The molecule has 6 nitrogen and oxygen atoms in total. The van der Waals surface area contributed by atoms with Crippen LogP contribution in [0.1, 0.15) is 39.2 Å². The van der Waals surface area contributed by atoms with Crippen molar-refractivity contribution in [2.24, 2.45) is 11.3 Å². The topological polar surface area (TPSA) is 83.9 Å². The summed E-state index contributed by atoms with van der Waals surface area (Å²) in [6.45, 7) is 1.50.